The van der Waals surface area contributed by atoms with E-state index >= 15 is 0 Å². The van der Waals surface area contributed by atoms with Crippen LogP contribution in [0.15, 0.2) is 0 Å². The topological polar surface area (TPSA) is 9.23 Å². The van der Waals surface area contributed by atoms with Gasteiger partial charge in [-0.15, -0.1) is 12.3 Å². The van der Waals surface area contributed by atoms with E-state index in [-0.39, 0.29) is 0 Å². The maximum atomic E-state index is 5.18. The van der Waals surface area contributed by atoms with Crippen LogP contribution in [0.2, 0.25) is 0 Å². The Bertz CT molecular complexity index is 97.8. The Kier molecular flexibility index (Phi) is 6.32. The van der Waals surface area contributed by atoms with Crippen LogP contribution < -0.4 is 0 Å². The first-order valence-electron chi connectivity index (χ1n) is 3.81. The molecule has 1 heteroatoms. The number of hydrogen-bond acceptors (Lipinski definition) is 1. The smallest absolute Gasteiger partial charge is 0.0569 e. The monoisotopic (exact) mass is 140 g/mol. The molecule has 1 nitrogen and oxygen atoms in total. The summed E-state index contributed by atoms with van der Waals surface area (Å²) in [6.07, 6.45) is 9.66. The molecule has 1 atom stereocenters. The van der Waals surface area contributed by atoms with Gasteiger partial charge in [-0.1, -0.05) is 6.92 Å². The summed E-state index contributed by atoms with van der Waals surface area (Å²) in [5, 5.41) is 0. The Balaban J connectivity index is 3.19. The van der Waals surface area contributed by atoms with Crippen molar-refractivity contribution in [2.75, 3.05) is 7.11 Å². The average molecular weight is 140 g/mol. The number of methoxy groups -OCH3 is 1. The molecule has 1 unspecified atom stereocenters. The Morgan fingerprint density at radius 1 is 1.60 bits per heavy atom. The van der Waals surface area contributed by atoms with Gasteiger partial charge in [0.15, 0.2) is 0 Å². The van der Waals surface area contributed by atoms with Crippen molar-refractivity contribution in [1.82, 2.24) is 0 Å². The van der Waals surface area contributed by atoms with Crippen molar-refractivity contribution in [3.05, 3.63) is 0 Å². The summed E-state index contributed by atoms with van der Waals surface area (Å²) < 4.78 is 5.18. The first-order chi connectivity index (χ1) is 4.85. The predicted molar refractivity (Wildman–Crippen MR) is 43.8 cm³/mol. The molecule has 0 aliphatic rings. The summed E-state index contributed by atoms with van der Waals surface area (Å²) in [6.45, 7) is 2.13. The van der Waals surface area contributed by atoms with Gasteiger partial charge >= 0.3 is 0 Å². The van der Waals surface area contributed by atoms with E-state index in [4.69, 9.17) is 11.2 Å². The fourth-order valence-electron chi connectivity index (χ4n) is 0.920. The van der Waals surface area contributed by atoms with Crippen LogP contribution in [0.4, 0.5) is 0 Å². The van der Waals surface area contributed by atoms with E-state index in [0.717, 1.165) is 25.7 Å². The Morgan fingerprint density at radius 2 is 2.30 bits per heavy atom. The summed E-state index contributed by atoms with van der Waals surface area (Å²) in [5.41, 5.74) is 0. The Labute approximate surface area is 63.8 Å². The molecule has 58 valence electrons. The fraction of sp³-hybridized carbons (Fsp3) is 0.778. The van der Waals surface area contributed by atoms with Gasteiger partial charge in [0.05, 0.1) is 6.10 Å². The lowest BCUT2D eigenvalue weighted by atomic mass is 10.1. The summed E-state index contributed by atoms with van der Waals surface area (Å²) in [7, 11) is 1.75. The molecule has 0 bridgehead atoms. The maximum Gasteiger partial charge on any atom is 0.0569 e. The highest BCUT2D eigenvalue weighted by molar-refractivity contribution is 4.83. The van der Waals surface area contributed by atoms with Crippen molar-refractivity contribution < 1.29 is 4.74 Å². The second-order valence-electron chi connectivity index (χ2n) is 2.36. The standard InChI is InChI=1S/C9H16O/c1-4-6-7-8-9(5-2)10-3/h1,9H,5-8H2,2-3H3. The van der Waals surface area contributed by atoms with Crippen LogP contribution in [0.3, 0.4) is 0 Å². The van der Waals surface area contributed by atoms with Crippen molar-refractivity contribution >= 4 is 0 Å². The van der Waals surface area contributed by atoms with E-state index < -0.39 is 0 Å². The molecule has 0 aromatic rings. The molecule has 0 radical (unpaired) electrons. The third kappa shape index (κ3) is 4.40. The van der Waals surface area contributed by atoms with Gasteiger partial charge in [-0.25, -0.2) is 0 Å². The normalized spacial score (nSPS) is 12.5. The SMILES string of the molecule is C#CCCCC(CC)OC. The minimum atomic E-state index is 0.411. The molecule has 0 saturated carbocycles. The third-order valence-corrected chi connectivity index (χ3v) is 1.64. The summed E-state index contributed by atoms with van der Waals surface area (Å²) >= 11 is 0. The highest BCUT2D eigenvalue weighted by Crippen LogP contribution is 2.06. The molecule has 0 heterocycles. The van der Waals surface area contributed by atoms with Gasteiger partial charge in [-0.05, 0) is 19.3 Å². The second kappa shape index (κ2) is 6.64. The molecule has 0 rings (SSSR count). The molecule has 0 amide bonds. The summed E-state index contributed by atoms with van der Waals surface area (Å²) in [6, 6.07) is 0. The largest absolute Gasteiger partial charge is 0.381 e. The van der Waals surface area contributed by atoms with Gasteiger partial charge in [0, 0.05) is 13.5 Å². The molecular formula is C9H16O. The molecule has 0 spiro atoms. The minimum Gasteiger partial charge on any atom is -0.381 e. The van der Waals surface area contributed by atoms with Gasteiger partial charge in [-0.2, -0.15) is 0 Å². The van der Waals surface area contributed by atoms with Crippen LogP contribution in [0.1, 0.15) is 32.6 Å². The Morgan fingerprint density at radius 3 is 2.70 bits per heavy atom. The molecule has 0 aliphatic heterocycles. The van der Waals surface area contributed by atoms with E-state index in [9.17, 15) is 0 Å². The van der Waals surface area contributed by atoms with E-state index in [1.54, 1.807) is 7.11 Å². The van der Waals surface area contributed by atoms with E-state index in [1.165, 1.54) is 0 Å². The molecule has 0 aromatic carbocycles. The number of hydrogen-bond donors (Lipinski definition) is 0. The summed E-state index contributed by atoms with van der Waals surface area (Å²) in [4.78, 5) is 0. The molecule has 0 saturated heterocycles. The molecule has 0 N–H and O–H groups in total. The number of terminal acetylenes is 1. The molecule has 10 heavy (non-hydrogen) atoms. The molecular weight excluding hydrogens is 124 g/mol. The lowest BCUT2D eigenvalue weighted by molar-refractivity contribution is 0.0907. The lowest BCUT2D eigenvalue weighted by Crippen LogP contribution is -2.07. The minimum absolute atomic E-state index is 0.411. The van der Waals surface area contributed by atoms with Gasteiger partial charge < -0.3 is 4.74 Å². The number of rotatable bonds is 5. The van der Waals surface area contributed by atoms with Crippen LogP contribution in [0.25, 0.3) is 0 Å². The van der Waals surface area contributed by atoms with Crippen molar-refractivity contribution in [3.8, 4) is 12.3 Å². The maximum absolute atomic E-state index is 5.18. The van der Waals surface area contributed by atoms with Crippen LogP contribution in [0.5, 0.6) is 0 Å². The van der Waals surface area contributed by atoms with Crippen molar-refractivity contribution in [2.24, 2.45) is 0 Å². The first-order valence-corrected chi connectivity index (χ1v) is 3.81. The first kappa shape index (κ1) is 9.52. The van der Waals surface area contributed by atoms with Gasteiger partial charge in [-0.3, -0.25) is 0 Å². The molecule has 0 aromatic heterocycles. The molecule has 0 fully saturated rings. The average Bonchev–Trinajstić information content (AvgIpc) is 1.99. The van der Waals surface area contributed by atoms with Crippen LogP contribution in [-0.2, 0) is 4.74 Å². The third-order valence-electron chi connectivity index (χ3n) is 1.64. The van der Waals surface area contributed by atoms with E-state index in [2.05, 4.69) is 12.8 Å². The predicted octanol–water partition coefficient (Wildman–Crippen LogP) is 2.21. The van der Waals surface area contributed by atoms with Gasteiger partial charge in [0.25, 0.3) is 0 Å². The van der Waals surface area contributed by atoms with Crippen molar-refractivity contribution in [2.45, 2.75) is 38.7 Å². The number of unbranched alkanes of at least 4 members (excludes halogenated alkanes) is 1. The van der Waals surface area contributed by atoms with Crippen LogP contribution in [0, 0.1) is 12.3 Å². The quantitative estimate of drug-likeness (QED) is 0.420. The zero-order valence-corrected chi connectivity index (χ0v) is 6.89. The summed E-state index contributed by atoms with van der Waals surface area (Å²) in [5.74, 6) is 2.62. The van der Waals surface area contributed by atoms with Crippen molar-refractivity contribution in [1.29, 1.82) is 0 Å². The highest BCUT2D eigenvalue weighted by Gasteiger charge is 2.01. The van der Waals surface area contributed by atoms with Crippen LogP contribution >= 0.6 is 0 Å². The van der Waals surface area contributed by atoms with Crippen molar-refractivity contribution in [3.63, 3.8) is 0 Å². The zero-order chi connectivity index (χ0) is 7.82. The fourth-order valence-corrected chi connectivity index (χ4v) is 0.920. The molecule has 0 aliphatic carbocycles. The number of ether oxygens (including phenoxy) is 1. The second-order valence-corrected chi connectivity index (χ2v) is 2.36. The zero-order valence-electron chi connectivity index (χ0n) is 6.89. The van der Waals surface area contributed by atoms with Gasteiger partial charge in [0.1, 0.15) is 0 Å². The van der Waals surface area contributed by atoms with Crippen LogP contribution in [-0.4, -0.2) is 13.2 Å². The van der Waals surface area contributed by atoms with E-state index in [0.29, 0.717) is 6.10 Å². The van der Waals surface area contributed by atoms with Gasteiger partial charge in [0.2, 0.25) is 0 Å². The lowest BCUT2D eigenvalue weighted by Gasteiger charge is -2.10. The van der Waals surface area contributed by atoms with E-state index in [1.807, 2.05) is 0 Å². The highest BCUT2D eigenvalue weighted by atomic mass is 16.5. The Hall–Kier alpha value is -0.480.